The van der Waals surface area contributed by atoms with Gasteiger partial charge in [-0.15, -0.1) is 0 Å². The van der Waals surface area contributed by atoms with E-state index in [1.807, 2.05) is 20.8 Å². The van der Waals surface area contributed by atoms with E-state index in [0.29, 0.717) is 56.2 Å². The summed E-state index contributed by atoms with van der Waals surface area (Å²) in [6.07, 6.45) is 3.01. The second kappa shape index (κ2) is 14.5. The fourth-order valence-corrected chi connectivity index (χ4v) is 8.38. The minimum absolute atomic E-state index is 0.00809. The number of aliphatic hydroxyl groups is 1. The number of nitrogens with one attached hydrogen (secondary N) is 1. The molecule has 12 nitrogen and oxygen atoms in total. The largest absolute Gasteiger partial charge is 0.482 e. The van der Waals surface area contributed by atoms with E-state index in [2.05, 4.69) is 26.1 Å². The van der Waals surface area contributed by atoms with Crippen LogP contribution < -0.4 is 5.32 Å². The lowest BCUT2D eigenvalue weighted by molar-refractivity contribution is -0.199. The maximum absolute atomic E-state index is 13.7. The first-order valence-electron chi connectivity index (χ1n) is 18.2. The number of carbonyl (C=O) groups is 4. The molecule has 0 radical (unpaired) electrons. The average molecular weight is 697 g/mol. The van der Waals surface area contributed by atoms with E-state index in [0.717, 1.165) is 18.4 Å². The molecule has 6 rings (SSSR count). The van der Waals surface area contributed by atoms with Crippen LogP contribution in [0.5, 0.6) is 0 Å². The SMILES string of the molecule is C[C@@H](NC(=O)c1ccc(CN(C)C(=O)CCCCN(C)C(=O)OC(C)(C)C)cc1)C(=O)N1C[C@@H](O)C[C@H]1B1OC2C[C@@H]3C[C@@H](C3(C)C)[C@]2(C)O1. The molecule has 1 aromatic rings. The molecule has 0 spiro atoms. The van der Waals surface area contributed by atoms with Crippen molar-refractivity contribution in [1.82, 2.24) is 20.0 Å². The third kappa shape index (κ3) is 7.99. The molecule has 2 aliphatic heterocycles. The Morgan fingerprint density at radius 2 is 1.74 bits per heavy atom. The molecule has 2 heterocycles. The number of hydrogen-bond acceptors (Lipinski definition) is 8. The summed E-state index contributed by atoms with van der Waals surface area (Å²) < 4.78 is 18.4. The van der Waals surface area contributed by atoms with Gasteiger partial charge >= 0.3 is 13.2 Å². The Morgan fingerprint density at radius 1 is 1.06 bits per heavy atom. The number of benzene rings is 1. The Labute approximate surface area is 297 Å². The zero-order chi connectivity index (χ0) is 36.8. The van der Waals surface area contributed by atoms with Gasteiger partial charge in [0.25, 0.3) is 5.91 Å². The van der Waals surface area contributed by atoms with Crippen LogP contribution in [0.1, 0.15) is 103 Å². The summed E-state index contributed by atoms with van der Waals surface area (Å²) in [7, 11) is 2.81. The average Bonchev–Trinajstić information content (AvgIpc) is 3.60. The minimum Gasteiger partial charge on any atom is -0.444 e. The van der Waals surface area contributed by atoms with Crippen molar-refractivity contribution in [2.24, 2.45) is 17.3 Å². The Bertz CT molecular complexity index is 1430. The van der Waals surface area contributed by atoms with Gasteiger partial charge in [0, 0.05) is 45.7 Å². The Hall–Kier alpha value is -3.16. The fourth-order valence-electron chi connectivity index (χ4n) is 8.38. The molecule has 2 bridgehead atoms. The Morgan fingerprint density at radius 3 is 2.38 bits per heavy atom. The lowest BCUT2D eigenvalue weighted by atomic mass is 9.43. The number of unbranched alkanes of at least 4 members (excludes halogenated alkanes) is 1. The Balaban J connectivity index is 1.07. The number of carbonyl (C=O) groups excluding carboxylic acids is 4. The van der Waals surface area contributed by atoms with Crippen molar-refractivity contribution >= 4 is 30.9 Å². The summed E-state index contributed by atoms with van der Waals surface area (Å²) in [6.45, 7) is 14.9. The molecule has 50 heavy (non-hydrogen) atoms. The maximum atomic E-state index is 13.7. The third-order valence-electron chi connectivity index (χ3n) is 11.5. The number of β-amino-alcohol motifs (C(OH)–C–C–N with tert-alkyl or cyclic N) is 1. The molecule has 2 saturated heterocycles. The van der Waals surface area contributed by atoms with E-state index >= 15 is 0 Å². The summed E-state index contributed by atoms with van der Waals surface area (Å²) >= 11 is 0. The number of aliphatic hydroxyl groups excluding tert-OH is 1. The van der Waals surface area contributed by atoms with Crippen molar-refractivity contribution in [2.45, 2.75) is 129 Å². The zero-order valence-electron chi connectivity index (χ0n) is 31.4. The molecule has 276 valence electrons. The van der Waals surface area contributed by atoms with Crippen LogP contribution >= 0.6 is 0 Å². The summed E-state index contributed by atoms with van der Waals surface area (Å²) in [5, 5.41) is 13.4. The zero-order valence-corrected chi connectivity index (χ0v) is 31.4. The highest BCUT2D eigenvalue weighted by atomic mass is 16.7. The van der Waals surface area contributed by atoms with Crippen LogP contribution in [0.25, 0.3) is 0 Å². The molecule has 3 saturated carbocycles. The summed E-state index contributed by atoms with van der Waals surface area (Å²) in [5.41, 5.74) is 0.495. The molecule has 5 aliphatic rings. The van der Waals surface area contributed by atoms with Crippen molar-refractivity contribution in [3.8, 4) is 0 Å². The highest BCUT2D eigenvalue weighted by molar-refractivity contribution is 6.48. The quantitative estimate of drug-likeness (QED) is 0.262. The van der Waals surface area contributed by atoms with Crippen molar-refractivity contribution in [3.05, 3.63) is 35.4 Å². The van der Waals surface area contributed by atoms with Crippen molar-refractivity contribution in [1.29, 1.82) is 0 Å². The van der Waals surface area contributed by atoms with Gasteiger partial charge in [0.05, 0.1) is 23.8 Å². The fraction of sp³-hybridized carbons (Fsp3) is 0.730. The predicted molar refractivity (Wildman–Crippen MR) is 189 cm³/mol. The summed E-state index contributed by atoms with van der Waals surface area (Å²) in [6, 6.07) is 6.14. The number of nitrogens with zero attached hydrogens (tertiary/aromatic N) is 3. The molecule has 2 N–H and O–H groups in total. The van der Waals surface area contributed by atoms with Gasteiger partial charge in [0.15, 0.2) is 0 Å². The molecular formula is C37H57BN4O8. The highest BCUT2D eigenvalue weighted by Gasteiger charge is 2.69. The summed E-state index contributed by atoms with van der Waals surface area (Å²) in [5.74, 6) is -0.118. The first-order valence-corrected chi connectivity index (χ1v) is 18.2. The van der Waals surface area contributed by atoms with Gasteiger partial charge in [-0.1, -0.05) is 26.0 Å². The molecule has 3 aliphatic carbocycles. The van der Waals surface area contributed by atoms with E-state index in [9.17, 15) is 24.3 Å². The lowest BCUT2D eigenvalue weighted by Crippen LogP contribution is -2.65. The van der Waals surface area contributed by atoms with Crippen molar-refractivity contribution < 1.29 is 38.3 Å². The van der Waals surface area contributed by atoms with Crippen LogP contribution in [0.2, 0.25) is 0 Å². The van der Waals surface area contributed by atoms with Gasteiger partial charge in [-0.2, -0.15) is 0 Å². The van der Waals surface area contributed by atoms with Gasteiger partial charge in [0.2, 0.25) is 11.8 Å². The molecule has 4 amide bonds. The Kier molecular flexibility index (Phi) is 11.0. The van der Waals surface area contributed by atoms with Gasteiger partial charge in [-0.25, -0.2) is 4.79 Å². The molecule has 7 atom stereocenters. The van der Waals surface area contributed by atoms with Gasteiger partial charge in [-0.3, -0.25) is 14.4 Å². The first kappa shape index (κ1) is 38.1. The van der Waals surface area contributed by atoms with E-state index in [4.69, 9.17) is 14.0 Å². The smallest absolute Gasteiger partial charge is 0.444 e. The molecule has 1 aromatic carbocycles. The van der Waals surface area contributed by atoms with Crippen LogP contribution in [0, 0.1) is 17.3 Å². The normalized spacial score (nSPS) is 28.7. The van der Waals surface area contributed by atoms with Crippen LogP contribution in [-0.4, -0.2) is 113 Å². The lowest BCUT2D eigenvalue weighted by Gasteiger charge is -2.64. The third-order valence-corrected chi connectivity index (χ3v) is 11.5. The number of likely N-dealkylation sites (tertiary alicyclic amines) is 1. The van der Waals surface area contributed by atoms with Crippen molar-refractivity contribution in [3.63, 3.8) is 0 Å². The van der Waals surface area contributed by atoms with Crippen LogP contribution in [0.4, 0.5) is 4.79 Å². The number of rotatable bonds is 11. The second-order valence-electron chi connectivity index (χ2n) is 16.8. The van der Waals surface area contributed by atoms with E-state index in [-0.39, 0.29) is 41.9 Å². The van der Waals surface area contributed by atoms with Gasteiger partial charge < -0.3 is 39.2 Å². The van der Waals surface area contributed by atoms with E-state index in [1.54, 1.807) is 55.1 Å². The van der Waals surface area contributed by atoms with E-state index in [1.165, 1.54) is 4.90 Å². The van der Waals surface area contributed by atoms with Crippen molar-refractivity contribution in [2.75, 3.05) is 27.2 Å². The standard InChI is InChI=1S/C37H57BN4O8/c1-23(33(46)42-22-27(43)20-30(42)38-49-29-19-26-18-28(36(26,5)6)37(29,7)50-38)39-32(45)25-15-13-24(14-16-25)21-41(9)31(44)12-10-11-17-40(8)34(47)48-35(2,3)4/h13-16,23,26-30,43H,10-12,17-22H2,1-9H3,(H,39,45)/t23-,26+,27+,28+,29?,30+,37+/m1/s1. The molecule has 0 aromatic heterocycles. The second-order valence-corrected chi connectivity index (χ2v) is 16.8. The van der Waals surface area contributed by atoms with Crippen LogP contribution in [0.3, 0.4) is 0 Å². The molecule has 13 heteroatoms. The minimum atomic E-state index is -0.825. The number of ether oxygens (including phenoxy) is 1. The topological polar surface area (TPSA) is 138 Å². The van der Waals surface area contributed by atoms with E-state index < -0.39 is 36.4 Å². The first-order chi connectivity index (χ1) is 23.3. The highest BCUT2D eigenvalue weighted by Crippen LogP contribution is 2.66. The molecular weight excluding hydrogens is 639 g/mol. The number of hydrogen-bond donors (Lipinski definition) is 2. The summed E-state index contributed by atoms with van der Waals surface area (Å²) in [4.78, 5) is 56.4. The molecule has 1 unspecified atom stereocenters. The van der Waals surface area contributed by atoms with Crippen LogP contribution in [-0.2, 0) is 30.2 Å². The molecule has 5 fully saturated rings. The predicted octanol–water partition coefficient (Wildman–Crippen LogP) is 4.03. The van der Waals surface area contributed by atoms with Gasteiger partial charge in [-0.05, 0) is 102 Å². The monoisotopic (exact) mass is 696 g/mol. The number of amides is 4. The maximum Gasteiger partial charge on any atom is 0.482 e. The van der Waals surface area contributed by atoms with Gasteiger partial charge in [0.1, 0.15) is 11.6 Å². The van der Waals surface area contributed by atoms with Crippen LogP contribution in [0.15, 0.2) is 24.3 Å².